The summed E-state index contributed by atoms with van der Waals surface area (Å²) in [5, 5.41) is 40.2. The Kier molecular flexibility index (Phi) is 6.13. The molecule has 0 saturated heterocycles. The summed E-state index contributed by atoms with van der Waals surface area (Å²) in [5.74, 6) is -0.863. The average molecular weight is 414 g/mol. The van der Waals surface area contributed by atoms with E-state index in [1.165, 1.54) is 36.4 Å². The molecule has 4 N–H and O–H groups in total. The van der Waals surface area contributed by atoms with E-state index in [0.717, 1.165) is 6.07 Å². The highest BCUT2D eigenvalue weighted by atomic mass is 16.6. The number of nitro benzene ring substituents is 1. The molecule has 0 saturated carbocycles. The lowest BCUT2D eigenvalue weighted by Gasteiger charge is -2.11. The molecule has 0 aliphatic heterocycles. The fourth-order valence-electron chi connectivity index (χ4n) is 2.57. The molecule has 0 bridgehead atoms. The Hall–Kier alpha value is -4.12. The van der Waals surface area contributed by atoms with Crippen LogP contribution < -0.4 is 15.4 Å². The summed E-state index contributed by atoms with van der Waals surface area (Å²) in [4.78, 5) is 22.3. The van der Waals surface area contributed by atoms with Crippen molar-refractivity contribution in [2.45, 2.75) is 0 Å². The van der Waals surface area contributed by atoms with E-state index in [1.54, 1.807) is 7.05 Å². The standard InChI is InChI=1S/C19H18N4O7/c1-20-6-7-21-19(26)14-10-17(30-22-14)18-15(25)8-12(24)9-16(18)29-13-4-2-11(3-5-13)23(27)28/h2-5,8-10,20,24-25H,6-7H2,1H3,(H,21,26). The Balaban J connectivity index is 1.90. The van der Waals surface area contributed by atoms with E-state index >= 15 is 0 Å². The van der Waals surface area contributed by atoms with Crippen LogP contribution in [0.2, 0.25) is 0 Å². The van der Waals surface area contributed by atoms with Gasteiger partial charge in [0.1, 0.15) is 28.6 Å². The second-order valence-corrected chi connectivity index (χ2v) is 6.13. The van der Waals surface area contributed by atoms with Crippen LogP contribution >= 0.6 is 0 Å². The van der Waals surface area contributed by atoms with Gasteiger partial charge in [-0.15, -0.1) is 0 Å². The van der Waals surface area contributed by atoms with Gasteiger partial charge in [-0.25, -0.2) is 0 Å². The summed E-state index contributed by atoms with van der Waals surface area (Å²) in [5.41, 5.74) is -0.0757. The number of phenolic OH excluding ortho intramolecular Hbond substituents is 2. The van der Waals surface area contributed by atoms with E-state index < -0.39 is 10.8 Å². The number of hydrogen-bond donors (Lipinski definition) is 4. The summed E-state index contributed by atoms with van der Waals surface area (Å²) < 4.78 is 10.9. The van der Waals surface area contributed by atoms with Gasteiger partial charge in [0.15, 0.2) is 11.5 Å². The monoisotopic (exact) mass is 414 g/mol. The van der Waals surface area contributed by atoms with Crippen LogP contribution in [0.4, 0.5) is 5.69 Å². The van der Waals surface area contributed by atoms with Crippen molar-refractivity contribution >= 4 is 11.6 Å². The quantitative estimate of drug-likeness (QED) is 0.246. The van der Waals surface area contributed by atoms with Crippen molar-refractivity contribution in [1.29, 1.82) is 0 Å². The number of carbonyl (C=O) groups is 1. The Morgan fingerprint density at radius 2 is 1.93 bits per heavy atom. The SMILES string of the molecule is CNCCNC(=O)c1cc(-c2c(O)cc(O)cc2Oc2ccc([N+](=O)[O-])cc2)on1. The third-order valence-corrected chi connectivity index (χ3v) is 3.99. The minimum atomic E-state index is -0.549. The van der Waals surface area contributed by atoms with Crippen LogP contribution in [0.25, 0.3) is 11.3 Å². The zero-order chi connectivity index (χ0) is 21.7. The average Bonchev–Trinajstić information content (AvgIpc) is 3.18. The first-order valence-corrected chi connectivity index (χ1v) is 8.77. The Morgan fingerprint density at radius 3 is 2.60 bits per heavy atom. The van der Waals surface area contributed by atoms with Crippen molar-refractivity contribution in [3.8, 4) is 34.3 Å². The van der Waals surface area contributed by atoms with Crippen molar-refractivity contribution in [3.05, 3.63) is 58.3 Å². The molecule has 30 heavy (non-hydrogen) atoms. The van der Waals surface area contributed by atoms with Gasteiger partial charge < -0.3 is 30.1 Å². The molecule has 11 nitrogen and oxygen atoms in total. The van der Waals surface area contributed by atoms with E-state index in [1.807, 2.05) is 0 Å². The van der Waals surface area contributed by atoms with E-state index in [-0.39, 0.29) is 45.7 Å². The van der Waals surface area contributed by atoms with Crippen molar-refractivity contribution in [1.82, 2.24) is 15.8 Å². The Morgan fingerprint density at radius 1 is 1.20 bits per heavy atom. The molecule has 0 spiro atoms. The van der Waals surface area contributed by atoms with Gasteiger partial charge >= 0.3 is 0 Å². The maximum absolute atomic E-state index is 12.1. The Labute approximate surface area is 170 Å². The summed E-state index contributed by atoms with van der Waals surface area (Å²) in [7, 11) is 1.75. The van der Waals surface area contributed by atoms with Crippen LogP contribution in [0.15, 0.2) is 47.0 Å². The number of likely N-dealkylation sites (N-methyl/N-ethyl adjacent to an activating group) is 1. The third-order valence-electron chi connectivity index (χ3n) is 3.99. The molecule has 0 fully saturated rings. The van der Waals surface area contributed by atoms with Crippen LogP contribution in [0.1, 0.15) is 10.5 Å². The van der Waals surface area contributed by atoms with Gasteiger partial charge in [-0.2, -0.15) is 0 Å². The van der Waals surface area contributed by atoms with Gasteiger partial charge in [0.05, 0.1) is 4.92 Å². The number of benzene rings is 2. The second kappa shape index (κ2) is 8.92. The van der Waals surface area contributed by atoms with E-state index in [0.29, 0.717) is 13.1 Å². The first-order chi connectivity index (χ1) is 14.4. The van der Waals surface area contributed by atoms with Crippen LogP contribution in [0.3, 0.4) is 0 Å². The minimum absolute atomic E-state index is 0.000329. The normalized spacial score (nSPS) is 10.6. The van der Waals surface area contributed by atoms with Crippen LogP contribution in [0.5, 0.6) is 23.0 Å². The molecule has 0 aliphatic carbocycles. The number of rotatable bonds is 8. The van der Waals surface area contributed by atoms with E-state index in [4.69, 9.17) is 9.26 Å². The molecule has 3 aromatic rings. The number of nitrogens with one attached hydrogen (secondary N) is 2. The lowest BCUT2D eigenvalue weighted by Crippen LogP contribution is -2.30. The van der Waals surface area contributed by atoms with Gasteiger partial charge in [0.25, 0.3) is 11.6 Å². The van der Waals surface area contributed by atoms with Gasteiger partial charge in [0, 0.05) is 43.4 Å². The van der Waals surface area contributed by atoms with Crippen molar-refractivity contribution in [2.75, 3.05) is 20.1 Å². The number of phenols is 2. The number of non-ortho nitro benzene ring substituents is 1. The highest BCUT2D eigenvalue weighted by Gasteiger charge is 2.21. The molecule has 3 rings (SSSR count). The van der Waals surface area contributed by atoms with Gasteiger partial charge in [-0.3, -0.25) is 14.9 Å². The van der Waals surface area contributed by atoms with Gasteiger partial charge in [-0.1, -0.05) is 5.16 Å². The van der Waals surface area contributed by atoms with Crippen molar-refractivity contribution in [3.63, 3.8) is 0 Å². The summed E-state index contributed by atoms with van der Waals surface area (Å²) in [6.45, 7) is 0.957. The lowest BCUT2D eigenvalue weighted by atomic mass is 10.1. The largest absolute Gasteiger partial charge is 0.508 e. The molecular formula is C19H18N4O7. The zero-order valence-corrected chi connectivity index (χ0v) is 15.8. The fraction of sp³-hybridized carbons (Fsp3) is 0.158. The van der Waals surface area contributed by atoms with Crippen LogP contribution in [0, 0.1) is 10.1 Å². The smallest absolute Gasteiger partial charge is 0.273 e. The number of carbonyl (C=O) groups excluding carboxylic acids is 1. The number of nitro groups is 1. The molecule has 0 radical (unpaired) electrons. The molecule has 1 amide bonds. The van der Waals surface area contributed by atoms with Gasteiger partial charge in [-0.05, 0) is 19.2 Å². The van der Waals surface area contributed by atoms with Crippen LogP contribution in [-0.4, -0.2) is 46.3 Å². The molecule has 1 aromatic heterocycles. The molecule has 2 aromatic carbocycles. The molecule has 11 heteroatoms. The number of ether oxygens (including phenoxy) is 1. The molecule has 0 atom stereocenters. The number of nitrogens with zero attached hydrogens (tertiary/aromatic N) is 2. The maximum Gasteiger partial charge on any atom is 0.273 e. The minimum Gasteiger partial charge on any atom is -0.508 e. The number of amides is 1. The summed E-state index contributed by atoms with van der Waals surface area (Å²) in [6.07, 6.45) is 0. The Bertz CT molecular complexity index is 1060. The molecule has 0 unspecified atom stereocenters. The number of aromatic hydroxyl groups is 2. The molecule has 0 aliphatic rings. The molecule has 156 valence electrons. The highest BCUT2D eigenvalue weighted by molar-refractivity contribution is 5.93. The van der Waals surface area contributed by atoms with E-state index in [9.17, 15) is 25.1 Å². The first kappa shape index (κ1) is 20.6. The lowest BCUT2D eigenvalue weighted by molar-refractivity contribution is -0.384. The fourth-order valence-corrected chi connectivity index (χ4v) is 2.57. The third kappa shape index (κ3) is 4.64. The zero-order valence-electron chi connectivity index (χ0n) is 15.8. The van der Waals surface area contributed by atoms with E-state index in [2.05, 4.69) is 15.8 Å². The van der Waals surface area contributed by atoms with Crippen molar-refractivity contribution < 1.29 is 29.2 Å². The highest BCUT2D eigenvalue weighted by Crippen LogP contribution is 2.43. The summed E-state index contributed by atoms with van der Waals surface area (Å²) in [6, 6.07) is 8.86. The molecular weight excluding hydrogens is 396 g/mol. The second-order valence-electron chi connectivity index (χ2n) is 6.13. The summed E-state index contributed by atoms with van der Waals surface area (Å²) >= 11 is 0. The number of aromatic nitrogens is 1. The van der Waals surface area contributed by atoms with Gasteiger partial charge in [0.2, 0.25) is 0 Å². The maximum atomic E-state index is 12.1. The number of hydrogen-bond acceptors (Lipinski definition) is 9. The predicted molar refractivity (Wildman–Crippen MR) is 105 cm³/mol. The first-order valence-electron chi connectivity index (χ1n) is 8.77. The topological polar surface area (TPSA) is 160 Å². The predicted octanol–water partition coefficient (Wildman–Crippen LogP) is 2.40. The molecule has 1 heterocycles. The van der Waals surface area contributed by atoms with Crippen LogP contribution in [-0.2, 0) is 0 Å². The van der Waals surface area contributed by atoms with Crippen molar-refractivity contribution in [2.24, 2.45) is 0 Å².